The standard InChI is InChI=1S/C20H29NO2/c1-15-6-5-7-16(14-15)17-8-9-20(17)10-12-21(13-11-20)18(22)23-19(2,3)4/h5-7,14,17H,8-13H2,1-4H3. The van der Waals surface area contributed by atoms with Crippen molar-refractivity contribution >= 4 is 6.09 Å². The zero-order chi connectivity index (χ0) is 16.7. The fourth-order valence-corrected chi connectivity index (χ4v) is 4.16. The van der Waals surface area contributed by atoms with Crippen molar-refractivity contribution in [1.29, 1.82) is 0 Å². The fraction of sp³-hybridized carbons (Fsp3) is 0.650. The molecule has 23 heavy (non-hydrogen) atoms. The Morgan fingerprint density at radius 2 is 1.91 bits per heavy atom. The van der Waals surface area contributed by atoms with Crippen molar-refractivity contribution < 1.29 is 9.53 Å². The van der Waals surface area contributed by atoms with Crippen LogP contribution in [0.1, 0.15) is 63.5 Å². The highest BCUT2D eigenvalue weighted by atomic mass is 16.6. The number of nitrogens with zero attached hydrogens (tertiary/aromatic N) is 1. The second-order valence-electron chi connectivity index (χ2n) is 8.34. The van der Waals surface area contributed by atoms with Crippen LogP contribution in [0.4, 0.5) is 4.79 Å². The average Bonchev–Trinajstić information content (AvgIpc) is 2.44. The predicted molar refractivity (Wildman–Crippen MR) is 92.6 cm³/mol. The van der Waals surface area contributed by atoms with E-state index < -0.39 is 5.60 Å². The number of amides is 1. The Balaban J connectivity index is 1.63. The molecule has 1 spiro atoms. The van der Waals surface area contributed by atoms with Gasteiger partial charge in [-0.25, -0.2) is 4.79 Å². The summed E-state index contributed by atoms with van der Waals surface area (Å²) in [7, 11) is 0. The van der Waals surface area contributed by atoms with Crippen molar-refractivity contribution in [2.24, 2.45) is 5.41 Å². The normalized spacial score (nSPS) is 23.5. The Bertz CT molecular complexity index is 580. The Morgan fingerprint density at radius 1 is 1.22 bits per heavy atom. The molecule has 1 aromatic carbocycles. The van der Waals surface area contributed by atoms with E-state index in [0.29, 0.717) is 11.3 Å². The number of carbonyl (C=O) groups excluding carboxylic acids is 1. The summed E-state index contributed by atoms with van der Waals surface area (Å²) in [6, 6.07) is 8.96. The second-order valence-corrected chi connectivity index (χ2v) is 8.34. The van der Waals surface area contributed by atoms with Crippen LogP contribution in [0.2, 0.25) is 0 Å². The number of piperidine rings is 1. The number of likely N-dealkylation sites (tertiary alicyclic amines) is 1. The summed E-state index contributed by atoms with van der Waals surface area (Å²) in [5, 5.41) is 0. The molecule has 0 radical (unpaired) electrons. The number of rotatable bonds is 1. The number of ether oxygens (including phenoxy) is 1. The molecular formula is C20H29NO2. The summed E-state index contributed by atoms with van der Waals surface area (Å²) in [4.78, 5) is 14.1. The van der Waals surface area contributed by atoms with Crippen molar-refractivity contribution in [2.75, 3.05) is 13.1 Å². The third-order valence-electron chi connectivity index (χ3n) is 5.53. The predicted octanol–water partition coefficient (Wildman–Crippen LogP) is 4.89. The second kappa shape index (κ2) is 5.85. The molecule has 1 heterocycles. The lowest BCUT2D eigenvalue weighted by molar-refractivity contribution is -0.0166. The van der Waals surface area contributed by atoms with Crippen LogP contribution in [0.15, 0.2) is 24.3 Å². The monoisotopic (exact) mass is 315 g/mol. The van der Waals surface area contributed by atoms with Crippen LogP contribution in [0.3, 0.4) is 0 Å². The van der Waals surface area contributed by atoms with Gasteiger partial charge in [-0.1, -0.05) is 29.8 Å². The number of hydrogen-bond acceptors (Lipinski definition) is 2. The van der Waals surface area contributed by atoms with Crippen LogP contribution in [-0.2, 0) is 4.74 Å². The maximum atomic E-state index is 12.2. The van der Waals surface area contributed by atoms with E-state index in [1.54, 1.807) is 0 Å². The third-order valence-corrected chi connectivity index (χ3v) is 5.53. The zero-order valence-corrected chi connectivity index (χ0v) is 14.9. The molecule has 1 unspecified atom stereocenters. The molecule has 126 valence electrons. The summed E-state index contributed by atoms with van der Waals surface area (Å²) in [6.07, 6.45) is 4.64. The smallest absolute Gasteiger partial charge is 0.410 e. The van der Waals surface area contributed by atoms with Crippen LogP contribution in [0, 0.1) is 12.3 Å². The number of hydrogen-bond donors (Lipinski definition) is 0. The van der Waals surface area contributed by atoms with Crippen molar-refractivity contribution in [3.8, 4) is 0 Å². The van der Waals surface area contributed by atoms with E-state index in [9.17, 15) is 4.79 Å². The van der Waals surface area contributed by atoms with E-state index in [-0.39, 0.29) is 6.09 Å². The maximum Gasteiger partial charge on any atom is 0.410 e. The molecule has 1 atom stereocenters. The number of carbonyl (C=O) groups is 1. The van der Waals surface area contributed by atoms with E-state index in [2.05, 4.69) is 31.2 Å². The highest BCUT2D eigenvalue weighted by Gasteiger charge is 2.49. The van der Waals surface area contributed by atoms with E-state index in [1.807, 2.05) is 25.7 Å². The van der Waals surface area contributed by atoms with Crippen molar-refractivity contribution in [1.82, 2.24) is 4.90 Å². The van der Waals surface area contributed by atoms with Gasteiger partial charge < -0.3 is 9.64 Å². The molecule has 3 nitrogen and oxygen atoms in total. The van der Waals surface area contributed by atoms with Gasteiger partial charge in [0.05, 0.1) is 0 Å². The summed E-state index contributed by atoms with van der Waals surface area (Å²) in [5.41, 5.74) is 2.83. The minimum Gasteiger partial charge on any atom is -0.444 e. The van der Waals surface area contributed by atoms with Crippen LogP contribution in [0.5, 0.6) is 0 Å². The first kappa shape index (κ1) is 16.4. The van der Waals surface area contributed by atoms with Gasteiger partial charge >= 0.3 is 6.09 Å². The topological polar surface area (TPSA) is 29.5 Å². The molecule has 2 aliphatic rings. The molecule has 1 aromatic rings. The van der Waals surface area contributed by atoms with Gasteiger partial charge in [-0.2, -0.15) is 0 Å². The SMILES string of the molecule is Cc1cccc(C2CCC23CCN(C(=O)OC(C)(C)C)CC3)c1. The highest BCUT2D eigenvalue weighted by Crippen LogP contribution is 2.58. The molecule has 1 aliphatic carbocycles. The lowest BCUT2D eigenvalue weighted by Gasteiger charge is -2.54. The van der Waals surface area contributed by atoms with E-state index >= 15 is 0 Å². The van der Waals surface area contributed by atoms with Crippen molar-refractivity contribution in [3.05, 3.63) is 35.4 Å². The summed E-state index contributed by atoms with van der Waals surface area (Å²) in [6.45, 7) is 9.61. The summed E-state index contributed by atoms with van der Waals surface area (Å²) in [5.74, 6) is 0.670. The average molecular weight is 315 g/mol. The highest BCUT2D eigenvalue weighted by molar-refractivity contribution is 5.68. The van der Waals surface area contributed by atoms with Gasteiger partial charge in [0.2, 0.25) is 0 Å². The molecule has 1 aliphatic heterocycles. The maximum absolute atomic E-state index is 12.2. The van der Waals surface area contributed by atoms with Crippen molar-refractivity contribution in [2.45, 2.75) is 64.9 Å². The van der Waals surface area contributed by atoms with E-state index in [4.69, 9.17) is 4.74 Å². The Hall–Kier alpha value is -1.51. The van der Waals surface area contributed by atoms with Crippen LogP contribution >= 0.6 is 0 Å². The number of benzene rings is 1. The molecule has 1 saturated carbocycles. The molecule has 1 saturated heterocycles. The third kappa shape index (κ3) is 3.39. The van der Waals surface area contributed by atoms with Gasteiger partial charge in [0.15, 0.2) is 0 Å². The van der Waals surface area contributed by atoms with Gasteiger partial charge in [-0.3, -0.25) is 0 Å². The molecule has 1 amide bonds. The minimum atomic E-state index is -0.410. The Kier molecular flexibility index (Phi) is 4.16. The van der Waals surface area contributed by atoms with Crippen molar-refractivity contribution in [3.63, 3.8) is 0 Å². The Labute approximate surface area is 140 Å². The lowest BCUT2D eigenvalue weighted by Crippen LogP contribution is -2.50. The molecular weight excluding hydrogens is 286 g/mol. The molecule has 0 aromatic heterocycles. The largest absolute Gasteiger partial charge is 0.444 e. The fourth-order valence-electron chi connectivity index (χ4n) is 4.16. The molecule has 0 bridgehead atoms. The first-order chi connectivity index (χ1) is 10.8. The lowest BCUT2D eigenvalue weighted by atomic mass is 9.53. The molecule has 3 rings (SSSR count). The molecule has 3 heteroatoms. The molecule has 2 fully saturated rings. The Morgan fingerprint density at radius 3 is 2.43 bits per heavy atom. The van der Waals surface area contributed by atoms with Gasteiger partial charge in [0.25, 0.3) is 0 Å². The van der Waals surface area contributed by atoms with E-state index in [1.165, 1.54) is 24.0 Å². The quantitative estimate of drug-likeness (QED) is 0.738. The summed E-state index contributed by atoms with van der Waals surface area (Å²) < 4.78 is 5.51. The van der Waals surface area contributed by atoms with Gasteiger partial charge in [0.1, 0.15) is 5.60 Å². The van der Waals surface area contributed by atoms with Crippen LogP contribution < -0.4 is 0 Å². The van der Waals surface area contributed by atoms with Gasteiger partial charge in [0, 0.05) is 13.1 Å². The first-order valence-corrected chi connectivity index (χ1v) is 8.84. The summed E-state index contributed by atoms with van der Waals surface area (Å²) >= 11 is 0. The van der Waals surface area contributed by atoms with Gasteiger partial charge in [-0.15, -0.1) is 0 Å². The molecule has 0 N–H and O–H groups in total. The van der Waals surface area contributed by atoms with Gasteiger partial charge in [-0.05, 0) is 70.3 Å². The minimum absolute atomic E-state index is 0.154. The number of aryl methyl sites for hydroxylation is 1. The van der Waals surface area contributed by atoms with Crippen LogP contribution in [0.25, 0.3) is 0 Å². The zero-order valence-electron chi connectivity index (χ0n) is 14.9. The van der Waals surface area contributed by atoms with Crippen LogP contribution in [-0.4, -0.2) is 29.7 Å². The first-order valence-electron chi connectivity index (χ1n) is 8.84. The van der Waals surface area contributed by atoms with E-state index in [0.717, 1.165) is 25.9 Å².